The van der Waals surface area contributed by atoms with E-state index in [1.807, 2.05) is 0 Å². The maximum absolute atomic E-state index is 12.8. The Morgan fingerprint density at radius 3 is 2.82 bits per heavy atom. The zero-order valence-corrected chi connectivity index (χ0v) is 6.36. The van der Waals surface area contributed by atoms with E-state index < -0.39 is 5.82 Å². The van der Waals surface area contributed by atoms with Crippen LogP contribution in [0.3, 0.4) is 0 Å². The highest BCUT2D eigenvalue weighted by atomic mass is 35.5. The van der Waals surface area contributed by atoms with E-state index in [-0.39, 0.29) is 17.0 Å². The first-order chi connectivity index (χ1) is 5.25. The van der Waals surface area contributed by atoms with E-state index in [9.17, 15) is 9.18 Å². The largest absolute Gasteiger partial charge is 0.291 e. The summed E-state index contributed by atoms with van der Waals surface area (Å²) in [5, 5.41) is 0.272. The lowest BCUT2D eigenvalue weighted by atomic mass is 10.1. The van der Waals surface area contributed by atoms with Crippen LogP contribution < -0.4 is 0 Å². The first-order valence-corrected chi connectivity index (χ1v) is 3.41. The van der Waals surface area contributed by atoms with E-state index in [1.165, 1.54) is 18.2 Å². The van der Waals surface area contributed by atoms with Gasteiger partial charge in [0.15, 0.2) is 0 Å². The Morgan fingerprint density at radius 2 is 2.27 bits per heavy atom. The van der Waals surface area contributed by atoms with Crippen molar-refractivity contribution in [1.29, 1.82) is 0 Å². The fraction of sp³-hybridized carbons (Fsp3) is 0.125. The minimum Gasteiger partial charge on any atom is -0.291 e. The Bertz CT molecular complexity index is 253. The van der Waals surface area contributed by atoms with Gasteiger partial charge in [0.2, 0.25) is 6.29 Å². The van der Waals surface area contributed by atoms with Crippen LogP contribution in [0.5, 0.6) is 0 Å². The third-order valence-electron chi connectivity index (χ3n) is 1.31. The summed E-state index contributed by atoms with van der Waals surface area (Å²) in [5.41, 5.74) is 0.212. The molecule has 1 aromatic rings. The SMILES string of the molecule is O=[C]Cc1c(F)cccc1Cl. The van der Waals surface area contributed by atoms with Gasteiger partial charge in [-0.3, -0.25) is 4.79 Å². The summed E-state index contributed by atoms with van der Waals surface area (Å²) in [6.07, 6.45) is 1.50. The van der Waals surface area contributed by atoms with Gasteiger partial charge in [0.1, 0.15) is 5.82 Å². The predicted molar refractivity (Wildman–Crippen MR) is 40.8 cm³/mol. The molecule has 1 radical (unpaired) electrons. The molecule has 0 unspecified atom stereocenters. The van der Waals surface area contributed by atoms with Gasteiger partial charge in [0.05, 0.1) is 0 Å². The number of halogens is 2. The van der Waals surface area contributed by atoms with Crippen molar-refractivity contribution < 1.29 is 9.18 Å². The van der Waals surface area contributed by atoms with Gasteiger partial charge in [-0.25, -0.2) is 4.39 Å². The second-order valence-corrected chi connectivity index (χ2v) is 2.43. The Kier molecular flexibility index (Phi) is 2.60. The number of hydrogen-bond donors (Lipinski definition) is 0. The van der Waals surface area contributed by atoms with E-state index >= 15 is 0 Å². The van der Waals surface area contributed by atoms with Crippen LogP contribution in [0, 0.1) is 5.82 Å². The highest BCUT2D eigenvalue weighted by molar-refractivity contribution is 6.31. The molecule has 0 atom stereocenters. The van der Waals surface area contributed by atoms with Crippen LogP contribution in [-0.2, 0) is 11.2 Å². The van der Waals surface area contributed by atoms with Crippen molar-refractivity contribution in [3.05, 3.63) is 34.6 Å². The molecule has 0 spiro atoms. The summed E-state index contributed by atoms with van der Waals surface area (Å²) in [5.74, 6) is -0.458. The normalized spacial score (nSPS) is 9.64. The van der Waals surface area contributed by atoms with Gasteiger partial charge in [0.25, 0.3) is 0 Å². The molecule has 57 valence electrons. The third-order valence-corrected chi connectivity index (χ3v) is 1.66. The highest BCUT2D eigenvalue weighted by Crippen LogP contribution is 2.18. The quantitative estimate of drug-likeness (QED) is 0.666. The van der Waals surface area contributed by atoms with Crippen LogP contribution in [0.25, 0.3) is 0 Å². The van der Waals surface area contributed by atoms with Crippen molar-refractivity contribution in [2.75, 3.05) is 0 Å². The van der Waals surface area contributed by atoms with Crippen molar-refractivity contribution >= 4 is 17.9 Å². The molecule has 0 heterocycles. The fourth-order valence-electron chi connectivity index (χ4n) is 0.773. The smallest absolute Gasteiger partial charge is 0.203 e. The molecule has 1 nitrogen and oxygen atoms in total. The number of hydrogen-bond acceptors (Lipinski definition) is 1. The molecule has 0 aliphatic rings. The summed E-state index contributed by atoms with van der Waals surface area (Å²) in [6.45, 7) is 0. The molecule has 0 saturated heterocycles. The van der Waals surface area contributed by atoms with Gasteiger partial charge in [0, 0.05) is 17.0 Å². The first-order valence-electron chi connectivity index (χ1n) is 3.03. The monoisotopic (exact) mass is 171 g/mol. The van der Waals surface area contributed by atoms with Crippen molar-refractivity contribution in [3.63, 3.8) is 0 Å². The summed E-state index contributed by atoms with van der Waals surface area (Å²) < 4.78 is 12.8. The van der Waals surface area contributed by atoms with Gasteiger partial charge in [-0.15, -0.1) is 0 Å². The molecule has 0 saturated carbocycles. The van der Waals surface area contributed by atoms with Crippen LogP contribution >= 0.6 is 11.6 Å². The molecule has 3 heteroatoms. The van der Waals surface area contributed by atoms with Crippen LogP contribution in [0.2, 0.25) is 5.02 Å². The Hall–Kier alpha value is -0.890. The second-order valence-electron chi connectivity index (χ2n) is 2.02. The van der Waals surface area contributed by atoms with Gasteiger partial charge in [-0.1, -0.05) is 17.7 Å². The van der Waals surface area contributed by atoms with Crippen molar-refractivity contribution in [1.82, 2.24) is 0 Å². The molecule has 11 heavy (non-hydrogen) atoms. The lowest BCUT2D eigenvalue weighted by molar-refractivity contribution is 0.551. The van der Waals surface area contributed by atoms with Gasteiger partial charge >= 0.3 is 0 Å². The number of rotatable bonds is 2. The molecule has 0 aliphatic carbocycles. The molecule has 0 aliphatic heterocycles. The van der Waals surface area contributed by atoms with Crippen LogP contribution in [0.1, 0.15) is 5.56 Å². The first kappa shape index (κ1) is 8.21. The predicted octanol–water partition coefficient (Wildman–Crippen LogP) is 2.13. The fourth-order valence-corrected chi connectivity index (χ4v) is 1.00. The molecular formula is C8H5ClFO. The third kappa shape index (κ3) is 1.77. The van der Waals surface area contributed by atoms with E-state index in [4.69, 9.17) is 11.6 Å². The summed E-state index contributed by atoms with van der Waals surface area (Å²) in [7, 11) is 0. The van der Waals surface area contributed by atoms with Crippen molar-refractivity contribution in [3.8, 4) is 0 Å². The molecule has 0 amide bonds. The minimum absolute atomic E-state index is 0.0918. The van der Waals surface area contributed by atoms with Gasteiger partial charge in [-0.2, -0.15) is 0 Å². The van der Waals surface area contributed by atoms with Crippen LogP contribution in [-0.4, -0.2) is 6.29 Å². The standard InChI is InChI=1S/C8H5ClFO/c9-7-2-1-3-8(10)6(7)4-5-11/h1-3H,4H2. The van der Waals surface area contributed by atoms with Gasteiger partial charge < -0.3 is 0 Å². The Labute approximate surface area is 68.8 Å². The maximum atomic E-state index is 12.8. The highest BCUT2D eigenvalue weighted by Gasteiger charge is 2.04. The molecule has 0 fully saturated rings. The van der Waals surface area contributed by atoms with Crippen LogP contribution in [0.4, 0.5) is 4.39 Å². The molecule has 1 rings (SSSR count). The zero-order chi connectivity index (χ0) is 8.27. The second kappa shape index (κ2) is 3.49. The summed E-state index contributed by atoms with van der Waals surface area (Å²) >= 11 is 5.59. The topological polar surface area (TPSA) is 17.1 Å². The molecule has 0 bridgehead atoms. The number of benzene rings is 1. The summed E-state index contributed by atoms with van der Waals surface area (Å²) in [6, 6.07) is 4.29. The lowest BCUT2D eigenvalue weighted by Gasteiger charge is -1.98. The van der Waals surface area contributed by atoms with Crippen molar-refractivity contribution in [2.45, 2.75) is 6.42 Å². The average molecular weight is 172 g/mol. The zero-order valence-electron chi connectivity index (χ0n) is 5.60. The average Bonchev–Trinajstić information content (AvgIpc) is 1.97. The molecular weight excluding hydrogens is 167 g/mol. The van der Waals surface area contributed by atoms with E-state index in [0.29, 0.717) is 0 Å². The van der Waals surface area contributed by atoms with E-state index in [0.717, 1.165) is 0 Å². The van der Waals surface area contributed by atoms with E-state index in [2.05, 4.69) is 0 Å². The van der Waals surface area contributed by atoms with E-state index in [1.54, 1.807) is 6.29 Å². The lowest BCUT2D eigenvalue weighted by Crippen LogP contribution is -1.91. The van der Waals surface area contributed by atoms with Crippen molar-refractivity contribution in [2.24, 2.45) is 0 Å². The summed E-state index contributed by atoms with van der Waals surface area (Å²) in [4.78, 5) is 9.93. The van der Waals surface area contributed by atoms with Crippen LogP contribution in [0.15, 0.2) is 18.2 Å². The number of carbonyl (C=O) groups excluding carboxylic acids is 1. The van der Waals surface area contributed by atoms with Gasteiger partial charge in [-0.05, 0) is 12.1 Å². The Balaban J connectivity index is 3.09. The molecule has 0 N–H and O–H groups in total. The molecule has 1 aromatic carbocycles. The maximum Gasteiger partial charge on any atom is 0.203 e. The minimum atomic E-state index is -0.458. The molecule has 0 aromatic heterocycles. The Morgan fingerprint density at radius 1 is 1.55 bits per heavy atom.